The van der Waals surface area contributed by atoms with Crippen molar-refractivity contribution in [3.63, 3.8) is 0 Å². The molecule has 2 rings (SSSR count). The standard InChI is InChI=1S/C18H28O/c1-13-6-5-7-14(10-13)11-15-12-16(18(2,3)4)8-9-17(15)19/h5-7,10,15-17,19H,8-9,11-12H2,1-4H3. The van der Waals surface area contributed by atoms with Gasteiger partial charge in [-0.3, -0.25) is 0 Å². The largest absolute Gasteiger partial charge is 0.393 e. The number of hydrogen-bond acceptors (Lipinski definition) is 1. The van der Waals surface area contributed by atoms with Gasteiger partial charge in [-0.15, -0.1) is 0 Å². The Bertz CT molecular complexity index is 416. The van der Waals surface area contributed by atoms with Gasteiger partial charge >= 0.3 is 0 Å². The average Bonchev–Trinajstić information content (AvgIpc) is 2.30. The molecule has 1 nitrogen and oxygen atoms in total. The smallest absolute Gasteiger partial charge is 0.0571 e. The van der Waals surface area contributed by atoms with Crippen molar-refractivity contribution in [2.45, 2.75) is 59.5 Å². The highest BCUT2D eigenvalue weighted by Crippen LogP contribution is 2.41. The minimum atomic E-state index is -0.112. The van der Waals surface area contributed by atoms with E-state index in [-0.39, 0.29) is 6.10 Å². The minimum absolute atomic E-state index is 0.112. The second kappa shape index (κ2) is 5.66. The van der Waals surface area contributed by atoms with Crippen LogP contribution in [-0.4, -0.2) is 11.2 Å². The molecule has 1 heteroatoms. The van der Waals surface area contributed by atoms with Crippen molar-refractivity contribution in [3.05, 3.63) is 35.4 Å². The summed E-state index contributed by atoms with van der Waals surface area (Å²) in [6, 6.07) is 8.72. The van der Waals surface area contributed by atoms with Crippen molar-refractivity contribution in [2.24, 2.45) is 17.3 Å². The lowest BCUT2D eigenvalue weighted by atomic mass is 9.67. The maximum Gasteiger partial charge on any atom is 0.0571 e. The van der Waals surface area contributed by atoms with Gasteiger partial charge in [0, 0.05) is 0 Å². The van der Waals surface area contributed by atoms with E-state index >= 15 is 0 Å². The normalized spacial score (nSPS) is 28.4. The van der Waals surface area contributed by atoms with Gasteiger partial charge < -0.3 is 5.11 Å². The van der Waals surface area contributed by atoms with E-state index in [1.165, 1.54) is 24.0 Å². The van der Waals surface area contributed by atoms with Crippen LogP contribution in [0.3, 0.4) is 0 Å². The van der Waals surface area contributed by atoms with Crippen LogP contribution in [0.2, 0.25) is 0 Å². The molecule has 1 aromatic carbocycles. The molecule has 1 aromatic rings. The molecule has 1 N–H and O–H groups in total. The van der Waals surface area contributed by atoms with Gasteiger partial charge in [-0.1, -0.05) is 50.6 Å². The fraction of sp³-hybridized carbons (Fsp3) is 0.667. The first-order chi connectivity index (χ1) is 8.86. The van der Waals surface area contributed by atoms with Gasteiger partial charge in [-0.05, 0) is 55.4 Å². The van der Waals surface area contributed by atoms with E-state index in [2.05, 4.69) is 52.0 Å². The Balaban J connectivity index is 2.05. The van der Waals surface area contributed by atoms with Crippen molar-refractivity contribution in [1.29, 1.82) is 0 Å². The Kier molecular flexibility index (Phi) is 4.35. The fourth-order valence-electron chi connectivity index (χ4n) is 3.40. The molecule has 0 radical (unpaired) electrons. The SMILES string of the molecule is Cc1cccc(CC2CC(C(C)(C)C)CCC2O)c1. The summed E-state index contributed by atoms with van der Waals surface area (Å²) in [7, 11) is 0. The Labute approximate surface area is 118 Å². The molecule has 0 heterocycles. The monoisotopic (exact) mass is 260 g/mol. The van der Waals surface area contributed by atoms with Crippen LogP contribution in [-0.2, 0) is 6.42 Å². The predicted octanol–water partition coefficient (Wildman–Crippen LogP) is 4.36. The van der Waals surface area contributed by atoms with Crippen LogP contribution < -0.4 is 0 Å². The minimum Gasteiger partial charge on any atom is -0.393 e. The van der Waals surface area contributed by atoms with Crippen molar-refractivity contribution in [3.8, 4) is 0 Å². The number of hydrogen-bond donors (Lipinski definition) is 1. The number of rotatable bonds is 2. The molecule has 0 aromatic heterocycles. The topological polar surface area (TPSA) is 20.2 Å². The summed E-state index contributed by atoms with van der Waals surface area (Å²) < 4.78 is 0. The van der Waals surface area contributed by atoms with Crippen LogP contribution in [0.4, 0.5) is 0 Å². The number of benzene rings is 1. The van der Waals surface area contributed by atoms with E-state index < -0.39 is 0 Å². The highest BCUT2D eigenvalue weighted by Gasteiger charge is 2.34. The Hall–Kier alpha value is -0.820. The van der Waals surface area contributed by atoms with Crippen molar-refractivity contribution in [1.82, 2.24) is 0 Å². The molecule has 1 aliphatic rings. The van der Waals surface area contributed by atoms with Gasteiger partial charge in [0.25, 0.3) is 0 Å². The number of aryl methyl sites for hydroxylation is 1. The Morgan fingerprint density at radius 3 is 2.58 bits per heavy atom. The van der Waals surface area contributed by atoms with E-state index in [1.54, 1.807) is 0 Å². The highest BCUT2D eigenvalue weighted by molar-refractivity contribution is 5.22. The zero-order valence-electron chi connectivity index (χ0n) is 12.8. The molecule has 1 saturated carbocycles. The third-order valence-corrected chi connectivity index (χ3v) is 4.75. The van der Waals surface area contributed by atoms with Gasteiger partial charge in [-0.2, -0.15) is 0 Å². The second-order valence-electron chi connectivity index (χ2n) is 7.40. The molecule has 1 fully saturated rings. The van der Waals surface area contributed by atoms with Gasteiger partial charge in [-0.25, -0.2) is 0 Å². The van der Waals surface area contributed by atoms with Crippen molar-refractivity contribution >= 4 is 0 Å². The first-order valence-electron chi connectivity index (χ1n) is 7.60. The summed E-state index contributed by atoms with van der Waals surface area (Å²) in [6.07, 6.45) is 4.22. The van der Waals surface area contributed by atoms with Crippen LogP contribution in [0.25, 0.3) is 0 Å². The molecular weight excluding hydrogens is 232 g/mol. The van der Waals surface area contributed by atoms with E-state index in [9.17, 15) is 5.11 Å². The summed E-state index contributed by atoms with van der Waals surface area (Å²) in [5.41, 5.74) is 3.05. The molecule has 3 atom stereocenters. The van der Waals surface area contributed by atoms with E-state index in [0.29, 0.717) is 11.3 Å². The van der Waals surface area contributed by atoms with Crippen LogP contribution in [0.15, 0.2) is 24.3 Å². The second-order valence-corrected chi connectivity index (χ2v) is 7.40. The molecule has 0 amide bonds. The summed E-state index contributed by atoms with van der Waals surface area (Å²) in [5.74, 6) is 1.17. The molecule has 0 spiro atoms. The van der Waals surface area contributed by atoms with E-state index in [4.69, 9.17) is 0 Å². The van der Waals surface area contributed by atoms with E-state index in [1.807, 2.05) is 0 Å². The molecule has 1 aliphatic carbocycles. The third kappa shape index (κ3) is 3.82. The lowest BCUT2D eigenvalue weighted by Gasteiger charge is -2.40. The van der Waals surface area contributed by atoms with E-state index in [0.717, 1.165) is 18.8 Å². The molecule has 19 heavy (non-hydrogen) atoms. The Morgan fingerprint density at radius 1 is 1.21 bits per heavy atom. The quantitative estimate of drug-likeness (QED) is 0.837. The molecule has 0 aliphatic heterocycles. The zero-order chi connectivity index (χ0) is 14.0. The molecule has 0 saturated heterocycles. The summed E-state index contributed by atoms with van der Waals surface area (Å²) >= 11 is 0. The third-order valence-electron chi connectivity index (χ3n) is 4.75. The molecule has 0 bridgehead atoms. The van der Waals surface area contributed by atoms with Crippen LogP contribution in [0, 0.1) is 24.2 Å². The van der Waals surface area contributed by atoms with Gasteiger partial charge in [0.05, 0.1) is 6.10 Å². The van der Waals surface area contributed by atoms with Gasteiger partial charge in [0.15, 0.2) is 0 Å². The van der Waals surface area contributed by atoms with Crippen LogP contribution in [0.5, 0.6) is 0 Å². The molecular formula is C18H28O. The number of aliphatic hydroxyl groups excluding tert-OH is 1. The predicted molar refractivity (Wildman–Crippen MR) is 81.2 cm³/mol. The van der Waals surface area contributed by atoms with Crippen LogP contribution in [0.1, 0.15) is 51.2 Å². The number of aliphatic hydroxyl groups is 1. The van der Waals surface area contributed by atoms with Gasteiger partial charge in [0.1, 0.15) is 0 Å². The molecule has 3 unspecified atom stereocenters. The van der Waals surface area contributed by atoms with Gasteiger partial charge in [0.2, 0.25) is 0 Å². The lowest BCUT2D eigenvalue weighted by molar-refractivity contribution is 0.0196. The molecule has 106 valence electrons. The summed E-state index contributed by atoms with van der Waals surface area (Å²) in [4.78, 5) is 0. The highest BCUT2D eigenvalue weighted by atomic mass is 16.3. The summed E-state index contributed by atoms with van der Waals surface area (Å²) in [5, 5.41) is 10.3. The zero-order valence-corrected chi connectivity index (χ0v) is 12.8. The first-order valence-corrected chi connectivity index (χ1v) is 7.60. The van der Waals surface area contributed by atoms with Crippen LogP contribution >= 0.6 is 0 Å². The maximum absolute atomic E-state index is 10.3. The fourth-order valence-corrected chi connectivity index (χ4v) is 3.40. The van der Waals surface area contributed by atoms with Crippen molar-refractivity contribution < 1.29 is 5.11 Å². The maximum atomic E-state index is 10.3. The Morgan fingerprint density at radius 2 is 1.95 bits per heavy atom. The summed E-state index contributed by atoms with van der Waals surface area (Å²) in [6.45, 7) is 9.13. The lowest BCUT2D eigenvalue weighted by Crippen LogP contribution is -2.35. The average molecular weight is 260 g/mol. The van der Waals surface area contributed by atoms with Crippen molar-refractivity contribution in [2.75, 3.05) is 0 Å². The first kappa shape index (κ1) is 14.6.